The third-order valence-corrected chi connectivity index (χ3v) is 7.91. The molecule has 3 rings (SSSR count). The fourth-order valence-electron chi connectivity index (χ4n) is 4.53. The van der Waals surface area contributed by atoms with Gasteiger partial charge in [0, 0.05) is 4.88 Å². The van der Waals surface area contributed by atoms with Crippen LogP contribution in [-0.4, -0.2) is 24.3 Å². The second kappa shape index (κ2) is 12.3. The first-order valence-electron chi connectivity index (χ1n) is 11.4. The van der Waals surface area contributed by atoms with E-state index >= 15 is 0 Å². The molecule has 0 saturated heterocycles. The lowest BCUT2D eigenvalue weighted by Crippen LogP contribution is -2.40. The highest BCUT2D eigenvalue weighted by atomic mass is 32.1. The molecule has 5 heteroatoms. The molecule has 2 fully saturated rings. The van der Waals surface area contributed by atoms with Gasteiger partial charge in [-0.25, -0.2) is 4.79 Å². The molecular weight excluding hydrogens is 394 g/mol. The third-order valence-electron chi connectivity index (χ3n) is 6.78. The summed E-state index contributed by atoms with van der Waals surface area (Å²) in [5.74, 6) is 0.408. The highest BCUT2D eigenvalue weighted by molar-refractivity contribution is 7.13. The first kappa shape index (κ1) is 24.6. The Morgan fingerprint density at radius 1 is 1.37 bits per heavy atom. The van der Waals surface area contributed by atoms with E-state index in [1.54, 1.807) is 0 Å². The van der Waals surface area contributed by atoms with Gasteiger partial charge in [0.1, 0.15) is 4.88 Å². The van der Waals surface area contributed by atoms with Crippen molar-refractivity contribution >= 4 is 17.3 Å². The highest BCUT2D eigenvalue weighted by Crippen LogP contribution is 2.47. The van der Waals surface area contributed by atoms with Crippen LogP contribution in [0.5, 0.6) is 0 Å². The summed E-state index contributed by atoms with van der Waals surface area (Å²) in [5.41, 5.74) is 0.203. The maximum Gasteiger partial charge on any atom is 0.348 e. The zero-order valence-electron chi connectivity index (χ0n) is 18.7. The molecule has 2 saturated carbocycles. The Hall–Kier alpha value is -1.64. The van der Waals surface area contributed by atoms with Gasteiger partial charge in [-0.3, -0.25) is 0 Å². The summed E-state index contributed by atoms with van der Waals surface area (Å²) in [4.78, 5) is 13.0. The van der Waals surface area contributed by atoms with Gasteiger partial charge in [-0.1, -0.05) is 45.3 Å². The van der Waals surface area contributed by atoms with Crippen LogP contribution in [0.4, 0.5) is 0 Å². The van der Waals surface area contributed by atoms with Crippen LogP contribution in [0.15, 0.2) is 24.3 Å². The summed E-state index contributed by atoms with van der Waals surface area (Å²) in [6.07, 6.45) is 15.1. The van der Waals surface area contributed by atoms with Crippen molar-refractivity contribution in [3.8, 4) is 6.07 Å². The van der Waals surface area contributed by atoms with Crippen LogP contribution in [0.2, 0.25) is 0 Å². The summed E-state index contributed by atoms with van der Waals surface area (Å²) in [5, 5.41) is 19.3. The number of nitriles is 1. The molecule has 0 aliphatic heterocycles. The number of carbonyl (C=O) groups is 1. The quantitative estimate of drug-likeness (QED) is 0.387. The second-order valence-electron chi connectivity index (χ2n) is 8.59. The topological polar surface area (TPSA) is 70.3 Å². The molecule has 0 amide bonds. The molecule has 1 heterocycles. The van der Waals surface area contributed by atoms with E-state index < -0.39 is 0 Å². The van der Waals surface area contributed by atoms with Crippen molar-refractivity contribution in [2.24, 2.45) is 17.3 Å². The lowest BCUT2D eigenvalue weighted by atomic mass is 9.63. The monoisotopic (exact) mass is 431 g/mol. The van der Waals surface area contributed by atoms with Crippen LogP contribution in [0.1, 0.15) is 86.2 Å². The van der Waals surface area contributed by atoms with Crippen molar-refractivity contribution in [3.63, 3.8) is 0 Å². The molecule has 0 spiro atoms. The van der Waals surface area contributed by atoms with E-state index in [1.807, 2.05) is 12.1 Å². The molecule has 3 atom stereocenters. The predicted molar refractivity (Wildman–Crippen MR) is 122 cm³/mol. The van der Waals surface area contributed by atoms with Crippen molar-refractivity contribution in [1.29, 1.82) is 5.26 Å². The Balaban J connectivity index is 0.000000232. The summed E-state index contributed by atoms with van der Waals surface area (Å²) in [6, 6.07) is 6.21. The van der Waals surface area contributed by atoms with Gasteiger partial charge in [0.15, 0.2) is 0 Å². The smallest absolute Gasteiger partial charge is 0.348 e. The molecule has 166 valence electrons. The Kier molecular flexibility index (Phi) is 10.1. The number of allylic oxidation sites excluding steroid dienone is 1. The number of hydrogen-bond donors (Lipinski definition) is 1. The SMILES string of the molecule is CCC1(C(O)C/C=C/C2CCCC2C#N)CCC1.CCCc1ccc(C(=O)OC)s1. The molecule has 1 aromatic rings. The van der Waals surface area contributed by atoms with Crippen molar-refractivity contribution < 1.29 is 14.6 Å². The summed E-state index contributed by atoms with van der Waals surface area (Å²) in [6.45, 7) is 4.31. The maximum absolute atomic E-state index is 11.0. The Morgan fingerprint density at radius 2 is 2.13 bits per heavy atom. The lowest BCUT2D eigenvalue weighted by molar-refractivity contribution is -0.0355. The molecule has 1 N–H and O–H groups in total. The molecule has 0 radical (unpaired) electrons. The summed E-state index contributed by atoms with van der Waals surface area (Å²) >= 11 is 1.52. The van der Waals surface area contributed by atoms with Crippen LogP contribution < -0.4 is 0 Å². The fraction of sp³-hybridized carbons (Fsp3) is 0.680. The number of ether oxygens (including phenoxy) is 1. The number of aryl methyl sites for hydroxylation is 1. The van der Waals surface area contributed by atoms with Crippen molar-refractivity contribution in [2.75, 3.05) is 7.11 Å². The average molecular weight is 432 g/mol. The molecule has 1 aromatic heterocycles. The number of aliphatic hydroxyl groups is 1. The first-order valence-corrected chi connectivity index (χ1v) is 12.2. The van der Waals surface area contributed by atoms with E-state index in [4.69, 9.17) is 5.26 Å². The Morgan fingerprint density at radius 3 is 2.70 bits per heavy atom. The number of carbonyl (C=O) groups excluding carboxylic acids is 1. The van der Waals surface area contributed by atoms with Gasteiger partial charge in [0.05, 0.1) is 25.2 Å². The zero-order chi connectivity index (χ0) is 22.0. The minimum atomic E-state index is -0.234. The van der Waals surface area contributed by atoms with Gasteiger partial charge in [-0.2, -0.15) is 5.26 Å². The molecule has 4 nitrogen and oxygen atoms in total. The van der Waals surface area contributed by atoms with Gasteiger partial charge in [-0.05, 0) is 68.4 Å². The van der Waals surface area contributed by atoms with Crippen LogP contribution >= 0.6 is 11.3 Å². The third kappa shape index (κ3) is 6.43. The van der Waals surface area contributed by atoms with Gasteiger partial charge in [0.25, 0.3) is 0 Å². The summed E-state index contributed by atoms with van der Waals surface area (Å²) < 4.78 is 4.60. The average Bonchev–Trinajstić information content (AvgIpc) is 3.37. The van der Waals surface area contributed by atoms with E-state index in [0.717, 1.165) is 38.5 Å². The minimum Gasteiger partial charge on any atom is -0.465 e. The van der Waals surface area contributed by atoms with Gasteiger partial charge >= 0.3 is 5.97 Å². The van der Waals surface area contributed by atoms with Crippen LogP contribution in [0.3, 0.4) is 0 Å². The fourth-order valence-corrected chi connectivity index (χ4v) is 5.56. The van der Waals surface area contributed by atoms with Crippen molar-refractivity contribution in [3.05, 3.63) is 34.0 Å². The van der Waals surface area contributed by atoms with Crippen LogP contribution in [-0.2, 0) is 11.2 Å². The molecule has 2 aliphatic rings. The zero-order valence-corrected chi connectivity index (χ0v) is 19.5. The number of methoxy groups -OCH3 is 1. The van der Waals surface area contributed by atoms with E-state index in [0.29, 0.717) is 10.8 Å². The summed E-state index contributed by atoms with van der Waals surface area (Å²) in [7, 11) is 1.40. The van der Waals surface area contributed by atoms with Crippen LogP contribution in [0, 0.1) is 28.6 Å². The standard InChI is InChI=1S/C16H25NO.C9H12O2S/c1-2-16(10-5-11-16)15(18)9-4-7-13-6-3-8-14(13)12-17;1-3-4-7-5-6-8(12-7)9(10)11-2/h4,7,13-15,18H,2-3,5-6,8-11H2,1H3;5-6H,3-4H2,1-2H3/b7-4+;. The Labute approximate surface area is 186 Å². The largest absolute Gasteiger partial charge is 0.465 e. The molecule has 0 bridgehead atoms. The number of esters is 1. The maximum atomic E-state index is 11.0. The van der Waals surface area contributed by atoms with Gasteiger partial charge < -0.3 is 9.84 Å². The minimum absolute atomic E-state index is 0.186. The number of aliphatic hydroxyl groups excluding tert-OH is 1. The highest BCUT2D eigenvalue weighted by Gasteiger charge is 2.41. The number of nitrogens with zero attached hydrogens (tertiary/aromatic N) is 1. The van der Waals surface area contributed by atoms with Crippen molar-refractivity contribution in [1.82, 2.24) is 0 Å². The number of hydrogen-bond acceptors (Lipinski definition) is 5. The number of rotatable bonds is 8. The van der Waals surface area contributed by atoms with Gasteiger partial charge in [0.2, 0.25) is 0 Å². The lowest BCUT2D eigenvalue weighted by Gasteiger charge is -2.45. The normalized spacial score (nSPS) is 23.2. The molecule has 2 aliphatic carbocycles. The second-order valence-corrected chi connectivity index (χ2v) is 9.76. The number of thiophene rings is 1. The molecule has 0 aromatic carbocycles. The predicted octanol–water partition coefficient (Wildman–Crippen LogP) is 6.30. The molecule has 30 heavy (non-hydrogen) atoms. The van der Waals surface area contributed by atoms with Gasteiger partial charge in [-0.15, -0.1) is 11.3 Å². The van der Waals surface area contributed by atoms with E-state index in [9.17, 15) is 9.90 Å². The van der Waals surface area contributed by atoms with E-state index in [-0.39, 0.29) is 23.4 Å². The Bertz CT molecular complexity index is 723. The van der Waals surface area contributed by atoms with E-state index in [2.05, 4.69) is 36.8 Å². The first-order chi connectivity index (χ1) is 14.5. The molecule has 3 unspecified atom stereocenters. The van der Waals surface area contributed by atoms with Crippen LogP contribution in [0.25, 0.3) is 0 Å². The molecular formula is C25H37NO3S. The van der Waals surface area contributed by atoms with Crippen molar-refractivity contribution in [2.45, 2.75) is 84.2 Å². The van der Waals surface area contributed by atoms with E-state index in [1.165, 1.54) is 49.0 Å².